The monoisotopic (exact) mass is 372 g/mol. The Hall–Kier alpha value is -2.94. The topological polar surface area (TPSA) is 71.1 Å². The summed E-state index contributed by atoms with van der Waals surface area (Å²) in [5.41, 5.74) is 3.78. The van der Waals surface area contributed by atoms with Crippen molar-refractivity contribution in [2.75, 3.05) is 20.8 Å². The van der Waals surface area contributed by atoms with Gasteiger partial charge in [-0.2, -0.15) is 0 Å². The summed E-state index contributed by atoms with van der Waals surface area (Å²) in [5.74, 6) is 2.80. The second-order valence-electron chi connectivity index (χ2n) is 6.22. The van der Waals surface area contributed by atoms with E-state index < -0.39 is 5.97 Å². The van der Waals surface area contributed by atoms with Gasteiger partial charge in [-0.25, -0.2) is 4.79 Å². The minimum absolute atomic E-state index is 0.0317. The highest BCUT2D eigenvalue weighted by atomic mass is 16.5. The zero-order chi connectivity index (χ0) is 20.0. The summed E-state index contributed by atoms with van der Waals surface area (Å²) in [7, 11) is 2.95. The number of methoxy groups -OCH3 is 2. The van der Waals surface area contributed by atoms with Crippen molar-refractivity contribution in [1.29, 1.82) is 0 Å². The molecule has 0 aromatic heterocycles. The molecule has 0 amide bonds. The second-order valence-corrected chi connectivity index (χ2v) is 6.22. The number of hydrogen-bond donors (Lipinski definition) is 0. The van der Waals surface area contributed by atoms with Gasteiger partial charge in [0.05, 0.1) is 14.2 Å². The Morgan fingerprint density at radius 3 is 2.67 bits per heavy atom. The third kappa shape index (κ3) is 4.43. The number of allylic oxidation sites excluding steroid dienone is 2. The number of benzene rings is 1. The van der Waals surface area contributed by atoms with Crippen LogP contribution >= 0.6 is 0 Å². The van der Waals surface area contributed by atoms with E-state index in [9.17, 15) is 9.59 Å². The van der Waals surface area contributed by atoms with E-state index in [2.05, 4.69) is 10.7 Å². The van der Waals surface area contributed by atoms with Gasteiger partial charge >= 0.3 is 11.9 Å². The van der Waals surface area contributed by atoms with Crippen LogP contribution in [0, 0.1) is 19.3 Å². The van der Waals surface area contributed by atoms with E-state index in [0.717, 1.165) is 22.3 Å². The predicted octanol–water partition coefficient (Wildman–Crippen LogP) is 3.13. The maximum atomic E-state index is 12.2. The molecule has 0 spiro atoms. The Kier molecular flexibility index (Phi) is 6.89. The molecule has 0 N–H and O–H groups in total. The van der Waals surface area contributed by atoms with Crippen LogP contribution in [-0.2, 0) is 27.3 Å². The van der Waals surface area contributed by atoms with Gasteiger partial charge < -0.3 is 18.9 Å². The van der Waals surface area contributed by atoms with Crippen molar-refractivity contribution in [2.24, 2.45) is 0 Å². The fraction of sp³-hybridized carbons (Fsp3) is 0.429. The largest absolute Gasteiger partial charge is 0.496 e. The molecule has 0 bridgehead atoms. The summed E-state index contributed by atoms with van der Waals surface area (Å²) in [6, 6.07) is 0. The van der Waals surface area contributed by atoms with Crippen LogP contribution < -0.4 is 9.47 Å². The number of ether oxygens (including phenoxy) is 4. The highest BCUT2D eigenvalue weighted by Gasteiger charge is 2.33. The SMILES string of the molecule is C#CCOc1c(C/C=C(\C)CCC(=O)OC)c(OC)c(C)c2c1C(=O)OC2. The highest BCUT2D eigenvalue weighted by molar-refractivity contribution is 5.98. The fourth-order valence-corrected chi connectivity index (χ4v) is 3.06. The molecule has 0 saturated heterocycles. The molecule has 1 aliphatic heterocycles. The maximum absolute atomic E-state index is 12.2. The Labute approximate surface area is 159 Å². The molecule has 1 aromatic carbocycles. The van der Waals surface area contributed by atoms with Gasteiger partial charge in [0, 0.05) is 17.5 Å². The smallest absolute Gasteiger partial charge is 0.342 e. The van der Waals surface area contributed by atoms with Crippen molar-refractivity contribution >= 4 is 11.9 Å². The molecule has 144 valence electrons. The predicted molar refractivity (Wildman–Crippen MR) is 99.9 cm³/mol. The van der Waals surface area contributed by atoms with E-state index in [0.29, 0.717) is 36.3 Å². The zero-order valence-electron chi connectivity index (χ0n) is 16.1. The van der Waals surface area contributed by atoms with Gasteiger partial charge in [0.1, 0.15) is 30.3 Å². The number of esters is 2. The first-order valence-electron chi connectivity index (χ1n) is 8.62. The van der Waals surface area contributed by atoms with Crippen molar-refractivity contribution < 1.29 is 28.5 Å². The van der Waals surface area contributed by atoms with Gasteiger partial charge in [-0.15, -0.1) is 6.42 Å². The van der Waals surface area contributed by atoms with Crippen LogP contribution in [0.1, 0.15) is 46.8 Å². The average Bonchev–Trinajstić information content (AvgIpc) is 3.05. The molecule has 0 unspecified atom stereocenters. The number of rotatable bonds is 8. The second kappa shape index (κ2) is 9.13. The quantitative estimate of drug-likeness (QED) is 0.397. The zero-order valence-corrected chi connectivity index (χ0v) is 16.1. The van der Waals surface area contributed by atoms with E-state index >= 15 is 0 Å². The summed E-state index contributed by atoms with van der Waals surface area (Å²) in [6.07, 6.45) is 8.68. The molecule has 2 rings (SSSR count). The number of hydrogen-bond acceptors (Lipinski definition) is 6. The van der Waals surface area contributed by atoms with Gasteiger partial charge in [-0.05, 0) is 32.3 Å². The normalized spacial score (nSPS) is 12.9. The lowest BCUT2D eigenvalue weighted by Crippen LogP contribution is -2.09. The lowest BCUT2D eigenvalue weighted by molar-refractivity contribution is -0.140. The Bertz CT molecular complexity index is 813. The number of carbonyl (C=O) groups excluding carboxylic acids is 2. The van der Waals surface area contributed by atoms with Crippen LogP contribution in [0.25, 0.3) is 0 Å². The summed E-state index contributed by atoms with van der Waals surface area (Å²) in [6.45, 7) is 4.05. The first kappa shape index (κ1) is 20.4. The maximum Gasteiger partial charge on any atom is 0.342 e. The molecule has 0 radical (unpaired) electrons. The van der Waals surface area contributed by atoms with Crippen molar-refractivity contribution in [1.82, 2.24) is 0 Å². The summed E-state index contributed by atoms with van der Waals surface area (Å²) in [4.78, 5) is 23.6. The van der Waals surface area contributed by atoms with E-state index in [-0.39, 0.29) is 19.2 Å². The number of cyclic esters (lactones) is 1. The molecular formula is C21H24O6. The van der Waals surface area contributed by atoms with Crippen LogP contribution in [0.5, 0.6) is 11.5 Å². The molecule has 6 nitrogen and oxygen atoms in total. The van der Waals surface area contributed by atoms with Gasteiger partial charge in [-0.3, -0.25) is 4.79 Å². The lowest BCUT2D eigenvalue weighted by Gasteiger charge is -2.18. The highest BCUT2D eigenvalue weighted by Crippen LogP contribution is 2.42. The van der Waals surface area contributed by atoms with Gasteiger partial charge in [0.25, 0.3) is 0 Å². The molecule has 27 heavy (non-hydrogen) atoms. The summed E-state index contributed by atoms with van der Waals surface area (Å²) in [5, 5.41) is 0. The van der Waals surface area contributed by atoms with Crippen LogP contribution in [-0.4, -0.2) is 32.8 Å². The van der Waals surface area contributed by atoms with Crippen molar-refractivity contribution in [2.45, 2.75) is 39.7 Å². The van der Waals surface area contributed by atoms with Crippen molar-refractivity contribution in [3.8, 4) is 23.8 Å². The van der Waals surface area contributed by atoms with Gasteiger partial charge in [0.15, 0.2) is 0 Å². The average molecular weight is 372 g/mol. The summed E-state index contributed by atoms with van der Waals surface area (Å²) < 4.78 is 21.2. The third-order valence-corrected chi connectivity index (χ3v) is 4.53. The Morgan fingerprint density at radius 2 is 2.04 bits per heavy atom. The third-order valence-electron chi connectivity index (χ3n) is 4.53. The molecular weight excluding hydrogens is 348 g/mol. The Balaban J connectivity index is 2.43. The molecule has 1 heterocycles. The van der Waals surface area contributed by atoms with Gasteiger partial charge in [-0.1, -0.05) is 17.6 Å². The standard InChI is InChI=1S/C21H24O6/c1-6-11-26-20-15(9-7-13(2)8-10-17(22)24-4)19(25-5)14(3)16-12-27-21(23)18(16)20/h1,7H,8-12H2,2-5H3/b13-7+. The van der Waals surface area contributed by atoms with Crippen LogP contribution in [0.3, 0.4) is 0 Å². The molecule has 0 aliphatic carbocycles. The number of carbonyl (C=O) groups is 2. The number of terminal acetylenes is 1. The lowest BCUT2D eigenvalue weighted by atomic mass is 9.94. The van der Waals surface area contributed by atoms with E-state index in [1.165, 1.54) is 7.11 Å². The first-order valence-corrected chi connectivity index (χ1v) is 8.62. The molecule has 0 saturated carbocycles. The number of fused-ring (bicyclic) bond motifs is 1. The molecule has 1 aromatic rings. The first-order chi connectivity index (χ1) is 12.9. The minimum atomic E-state index is -0.421. The van der Waals surface area contributed by atoms with Crippen molar-refractivity contribution in [3.05, 3.63) is 33.9 Å². The van der Waals surface area contributed by atoms with Crippen LogP contribution in [0.4, 0.5) is 0 Å². The van der Waals surface area contributed by atoms with Crippen LogP contribution in [0.15, 0.2) is 11.6 Å². The van der Waals surface area contributed by atoms with E-state index in [1.54, 1.807) is 7.11 Å². The van der Waals surface area contributed by atoms with Crippen LogP contribution in [0.2, 0.25) is 0 Å². The molecule has 6 heteroatoms. The minimum Gasteiger partial charge on any atom is -0.496 e. The van der Waals surface area contributed by atoms with Gasteiger partial charge in [0.2, 0.25) is 0 Å². The van der Waals surface area contributed by atoms with E-state index in [4.69, 9.17) is 20.6 Å². The van der Waals surface area contributed by atoms with E-state index in [1.807, 2.05) is 19.9 Å². The Morgan fingerprint density at radius 1 is 1.30 bits per heavy atom. The van der Waals surface area contributed by atoms with Crippen molar-refractivity contribution in [3.63, 3.8) is 0 Å². The molecule has 0 atom stereocenters. The molecule has 0 fully saturated rings. The summed E-state index contributed by atoms with van der Waals surface area (Å²) >= 11 is 0. The molecule has 1 aliphatic rings. The fourth-order valence-electron chi connectivity index (χ4n) is 3.06.